The average molecular weight is 280 g/mol. The molecule has 1 aliphatic heterocycles. The van der Waals surface area contributed by atoms with Crippen molar-refractivity contribution >= 4 is 22.4 Å². The fourth-order valence-electron chi connectivity index (χ4n) is 3.19. The number of rotatable bonds is 2. The SMILES string of the molecule is CC1(C(=O)O)CCCN1c1ccc(C#N)c2ccccc12. The molecule has 0 saturated carbocycles. The molecule has 0 aromatic heterocycles. The van der Waals surface area contributed by atoms with E-state index in [9.17, 15) is 15.2 Å². The largest absolute Gasteiger partial charge is 0.480 e. The third-order valence-corrected chi connectivity index (χ3v) is 4.41. The zero-order chi connectivity index (χ0) is 15.0. The summed E-state index contributed by atoms with van der Waals surface area (Å²) in [7, 11) is 0. The number of hydrogen-bond donors (Lipinski definition) is 1. The summed E-state index contributed by atoms with van der Waals surface area (Å²) in [5, 5.41) is 20.6. The fraction of sp³-hybridized carbons (Fsp3) is 0.294. The van der Waals surface area contributed by atoms with E-state index < -0.39 is 11.5 Å². The molecule has 0 radical (unpaired) electrons. The van der Waals surface area contributed by atoms with Crippen LogP contribution < -0.4 is 4.90 Å². The topological polar surface area (TPSA) is 64.3 Å². The lowest BCUT2D eigenvalue weighted by Gasteiger charge is -2.34. The summed E-state index contributed by atoms with van der Waals surface area (Å²) < 4.78 is 0. The number of anilines is 1. The Balaban J connectivity index is 2.23. The van der Waals surface area contributed by atoms with E-state index in [1.165, 1.54) is 0 Å². The molecule has 1 aliphatic rings. The van der Waals surface area contributed by atoms with Gasteiger partial charge in [0.05, 0.1) is 11.6 Å². The van der Waals surface area contributed by atoms with Crippen LogP contribution in [0, 0.1) is 11.3 Å². The van der Waals surface area contributed by atoms with Gasteiger partial charge in [-0.1, -0.05) is 24.3 Å². The Labute approximate surface area is 123 Å². The molecule has 0 amide bonds. The first kappa shape index (κ1) is 13.4. The van der Waals surface area contributed by atoms with E-state index in [2.05, 4.69) is 6.07 Å². The molecule has 3 rings (SSSR count). The van der Waals surface area contributed by atoms with Crippen LogP contribution in [0.5, 0.6) is 0 Å². The number of nitriles is 1. The molecule has 0 bridgehead atoms. The van der Waals surface area contributed by atoms with Gasteiger partial charge in [0.1, 0.15) is 5.54 Å². The third-order valence-electron chi connectivity index (χ3n) is 4.41. The number of hydrogen-bond acceptors (Lipinski definition) is 3. The summed E-state index contributed by atoms with van der Waals surface area (Å²) in [6.07, 6.45) is 1.49. The number of nitrogens with zero attached hydrogens (tertiary/aromatic N) is 2. The minimum absolute atomic E-state index is 0.616. The minimum atomic E-state index is -0.878. The van der Waals surface area contributed by atoms with Gasteiger partial charge in [-0.05, 0) is 31.9 Å². The normalized spacial score (nSPS) is 21.4. The van der Waals surface area contributed by atoms with Crippen molar-refractivity contribution in [1.82, 2.24) is 0 Å². The van der Waals surface area contributed by atoms with Crippen LogP contribution in [0.15, 0.2) is 36.4 Å². The van der Waals surface area contributed by atoms with Crippen molar-refractivity contribution < 1.29 is 9.90 Å². The van der Waals surface area contributed by atoms with Crippen molar-refractivity contribution in [3.05, 3.63) is 42.0 Å². The monoisotopic (exact) mass is 280 g/mol. The zero-order valence-electron chi connectivity index (χ0n) is 11.8. The van der Waals surface area contributed by atoms with Crippen LogP contribution in [0.2, 0.25) is 0 Å². The lowest BCUT2D eigenvalue weighted by Crippen LogP contribution is -2.48. The Kier molecular flexibility index (Phi) is 3.06. The van der Waals surface area contributed by atoms with E-state index in [0.29, 0.717) is 12.0 Å². The summed E-state index contributed by atoms with van der Waals surface area (Å²) in [6, 6.07) is 13.5. The minimum Gasteiger partial charge on any atom is -0.480 e. The molecule has 106 valence electrons. The number of carboxylic acid groups (broad SMARTS) is 1. The molecule has 1 fully saturated rings. The quantitative estimate of drug-likeness (QED) is 0.917. The number of carbonyl (C=O) groups is 1. The summed E-state index contributed by atoms with van der Waals surface area (Å²) in [5.41, 5.74) is 0.634. The molecule has 1 N–H and O–H groups in total. The Hall–Kier alpha value is -2.54. The molecule has 2 aromatic carbocycles. The Morgan fingerprint density at radius 1 is 1.29 bits per heavy atom. The van der Waals surface area contributed by atoms with Crippen LogP contribution in [-0.2, 0) is 4.79 Å². The second kappa shape index (κ2) is 4.78. The standard InChI is InChI=1S/C17H16N2O2/c1-17(16(20)21)9-4-10-19(17)15-8-7-12(11-18)13-5-2-3-6-14(13)15/h2-3,5-8H,4,9-10H2,1H3,(H,20,21). The highest BCUT2D eigenvalue weighted by Gasteiger charge is 2.43. The molecule has 2 aromatic rings. The maximum absolute atomic E-state index is 11.7. The summed E-state index contributed by atoms with van der Waals surface area (Å²) in [4.78, 5) is 13.6. The maximum Gasteiger partial charge on any atom is 0.329 e. The number of fused-ring (bicyclic) bond motifs is 1. The Morgan fingerprint density at radius 3 is 2.67 bits per heavy atom. The molecule has 1 unspecified atom stereocenters. The first-order valence-corrected chi connectivity index (χ1v) is 7.01. The fourth-order valence-corrected chi connectivity index (χ4v) is 3.19. The Bertz CT molecular complexity index is 763. The molecule has 1 heterocycles. The highest BCUT2D eigenvalue weighted by molar-refractivity contribution is 5.99. The van der Waals surface area contributed by atoms with Gasteiger partial charge in [-0.25, -0.2) is 4.79 Å². The average Bonchev–Trinajstić information content (AvgIpc) is 2.89. The van der Waals surface area contributed by atoms with Crippen LogP contribution >= 0.6 is 0 Å². The highest BCUT2D eigenvalue weighted by Crippen LogP contribution is 2.38. The lowest BCUT2D eigenvalue weighted by molar-refractivity contribution is -0.142. The summed E-state index contributed by atoms with van der Waals surface area (Å²) in [6.45, 7) is 2.49. The van der Waals surface area contributed by atoms with Crippen molar-refractivity contribution in [1.29, 1.82) is 5.26 Å². The van der Waals surface area contributed by atoms with Gasteiger partial charge in [0.2, 0.25) is 0 Å². The molecular weight excluding hydrogens is 264 g/mol. The van der Waals surface area contributed by atoms with Crippen LogP contribution in [-0.4, -0.2) is 23.2 Å². The molecule has 1 atom stereocenters. The van der Waals surface area contributed by atoms with E-state index in [4.69, 9.17) is 0 Å². The predicted octanol–water partition coefficient (Wildman–Crippen LogP) is 3.15. The van der Waals surface area contributed by atoms with Gasteiger partial charge in [-0.15, -0.1) is 0 Å². The summed E-state index contributed by atoms with van der Waals surface area (Å²) in [5.74, 6) is -0.798. The molecule has 21 heavy (non-hydrogen) atoms. The molecule has 4 nitrogen and oxygen atoms in total. The first-order chi connectivity index (χ1) is 10.1. The second-order valence-electron chi connectivity index (χ2n) is 5.62. The van der Waals surface area contributed by atoms with E-state index in [0.717, 1.165) is 29.4 Å². The first-order valence-electron chi connectivity index (χ1n) is 7.01. The van der Waals surface area contributed by atoms with Gasteiger partial charge in [-0.2, -0.15) is 5.26 Å². The van der Waals surface area contributed by atoms with E-state index in [-0.39, 0.29) is 0 Å². The van der Waals surface area contributed by atoms with E-state index in [1.807, 2.05) is 35.2 Å². The number of carboxylic acids is 1. The van der Waals surface area contributed by atoms with Crippen molar-refractivity contribution in [2.24, 2.45) is 0 Å². The zero-order valence-corrected chi connectivity index (χ0v) is 11.8. The molecule has 0 aliphatic carbocycles. The molecule has 0 spiro atoms. The van der Waals surface area contributed by atoms with E-state index >= 15 is 0 Å². The van der Waals surface area contributed by atoms with E-state index in [1.54, 1.807) is 13.0 Å². The van der Waals surface area contributed by atoms with Crippen LogP contribution in [0.4, 0.5) is 5.69 Å². The van der Waals surface area contributed by atoms with Gasteiger partial charge in [0.25, 0.3) is 0 Å². The number of benzene rings is 2. The molecule has 4 heteroatoms. The van der Waals surface area contributed by atoms with Gasteiger partial charge in [-0.3, -0.25) is 0 Å². The third kappa shape index (κ3) is 1.93. The van der Waals surface area contributed by atoms with Gasteiger partial charge >= 0.3 is 5.97 Å². The van der Waals surface area contributed by atoms with Crippen LogP contribution in [0.3, 0.4) is 0 Å². The van der Waals surface area contributed by atoms with Crippen molar-refractivity contribution in [3.63, 3.8) is 0 Å². The van der Waals surface area contributed by atoms with Crippen molar-refractivity contribution in [2.45, 2.75) is 25.3 Å². The Morgan fingerprint density at radius 2 is 2.00 bits per heavy atom. The lowest BCUT2D eigenvalue weighted by atomic mass is 9.96. The van der Waals surface area contributed by atoms with Crippen molar-refractivity contribution in [3.8, 4) is 6.07 Å². The smallest absolute Gasteiger partial charge is 0.329 e. The highest BCUT2D eigenvalue weighted by atomic mass is 16.4. The number of aliphatic carboxylic acids is 1. The van der Waals surface area contributed by atoms with Crippen LogP contribution in [0.1, 0.15) is 25.3 Å². The second-order valence-corrected chi connectivity index (χ2v) is 5.62. The molecule has 1 saturated heterocycles. The van der Waals surface area contributed by atoms with Gasteiger partial charge in [0.15, 0.2) is 0 Å². The van der Waals surface area contributed by atoms with Gasteiger partial charge in [0, 0.05) is 23.0 Å². The van der Waals surface area contributed by atoms with Crippen molar-refractivity contribution in [2.75, 3.05) is 11.4 Å². The summed E-state index contributed by atoms with van der Waals surface area (Å²) >= 11 is 0. The van der Waals surface area contributed by atoms with Crippen LogP contribution in [0.25, 0.3) is 10.8 Å². The van der Waals surface area contributed by atoms with Gasteiger partial charge < -0.3 is 10.0 Å². The maximum atomic E-state index is 11.7. The molecular formula is C17H16N2O2. The predicted molar refractivity (Wildman–Crippen MR) is 81.3 cm³/mol.